The van der Waals surface area contributed by atoms with E-state index < -0.39 is 11.3 Å². The number of aromatic nitrogens is 3. The topological polar surface area (TPSA) is 60.2 Å². The Bertz CT molecular complexity index is 1110. The van der Waals surface area contributed by atoms with Gasteiger partial charge in [-0.05, 0) is 23.8 Å². The van der Waals surface area contributed by atoms with Crippen molar-refractivity contribution in [3.8, 4) is 5.75 Å². The summed E-state index contributed by atoms with van der Waals surface area (Å²) >= 11 is 0. The van der Waals surface area contributed by atoms with Crippen LogP contribution in [0.3, 0.4) is 0 Å². The van der Waals surface area contributed by atoms with Crippen LogP contribution in [0, 0.1) is 0 Å². The molecule has 0 radical (unpaired) electrons. The van der Waals surface area contributed by atoms with Gasteiger partial charge in [-0.1, -0.05) is 65.9 Å². The Hall–Kier alpha value is -3.18. The highest BCUT2D eigenvalue weighted by Crippen LogP contribution is 2.54. The lowest BCUT2D eigenvalue weighted by molar-refractivity contribution is -0.135. The first-order valence-electron chi connectivity index (χ1n) is 8.52. The Kier molecular flexibility index (Phi) is 3.00. The van der Waals surface area contributed by atoms with Gasteiger partial charge in [-0.25, -0.2) is 0 Å². The Morgan fingerprint density at radius 1 is 0.885 bits per heavy atom. The fraction of sp³-hybridized carbons (Fsp3) is 0.143. The number of fused-ring (bicyclic) bond motifs is 2. The molecule has 4 aromatic rings. The molecule has 0 saturated carbocycles. The molecule has 3 aromatic carbocycles. The van der Waals surface area contributed by atoms with Gasteiger partial charge in [0, 0.05) is 12.5 Å². The predicted molar refractivity (Wildman–Crippen MR) is 97.7 cm³/mol. The number of ether oxygens (including phenoxy) is 1. The van der Waals surface area contributed by atoms with Gasteiger partial charge in [-0.2, -0.15) is 4.68 Å². The van der Waals surface area contributed by atoms with Gasteiger partial charge < -0.3 is 9.84 Å². The van der Waals surface area contributed by atoms with Crippen LogP contribution < -0.4 is 4.74 Å². The van der Waals surface area contributed by atoms with E-state index in [1.807, 2.05) is 85.8 Å². The molecule has 0 saturated heterocycles. The summed E-state index contributed by atoms with van der Waals surface area (Å²) in [5, 5.41) is 20.6. The molecule has 5 heteroatoms. The summed E-state index contributed by atoms with van der Waals surface area (Å²) in [6, 6.07) is 24.8. The Labute approximate surface area is 150 Å². The molecular formula is C21H17N3O2. The molecule has 26 heavy (non-hydrogen) atoms. The van der Waals surface area contributed by atoms with E-state index in [-0.39, 0.29) is 0 Å². The average molecular weight is 343 g/mol. The normalized spacial score (nSPS) is 24.4. The van der Waals surface area contributed by atoms with Crippen LogP contribution in [0.1, 0.15) is 18.1 Å². The second kappa shape index (κ2) is 5.16. The molecule has 1 aromatic heterocycles. The van der Waals surface area contributed by atoms with Crippen molar-refractivity contribution in [2.45, 2.75) is 18.2 Å². The van der Waals surface area contributed by atoms with E-state index in [4.69, 9.17) is 4.74 Å². The molecular weight excluding hydrogens is 326 g/mol. The molecule has 1 aliphatic rings. The van der Waals surface area contributed by atoms with Crippen molar-refractivity contribution in [2.75, 3.05) is 0 Å². The zero-order valence-corrected chi connectivity index (χ0v) is 14.2. The molecule has 0 spiro atoms. The van der Waals surface area contributed by atoms with Gasteiger partial charge in [0.05, 0.1) is 5.52 Å². The summed E-state index contributed by atoms with van der Waals surface area (Å²) in [5.74, 6) is 0.640. The molecule has 2 atom stereocenters. The lowest BCUT2D eigenvalue weighted by atomic mass is 9.80. The van der Waals surface area contributed by atoms with Gasteiger partial charge >= 0.3 is 0 Å². The second-order valence-electron chi connectivity index (χ2n) is 6.65. The third-order valence-electron chi connectivity index (χ3n) is 5.20. The highest BCUT2D eigenvalue weighted by Gasteiger charge is 2.60. The first-order valence-corrected chi connectivity index (χ1v) is 8.52. The van der Waals surface area contributed by atoms with Gasteiger partial charge in [0.2, 0.25) is 5.72 Å². The lowest BCUT2D eigenvalue weighted by Crippen LogP contribution is -2.52. The quantitative estimate of drug-likeness (QED) is 0.606. The minimum absolute atomic E-state index is 0.640. The zero-order valence-electron chi connectivity index (χ0n) is 14.2. The van der Waals surface area contributed by atoms with Crippen LogP contribution in [0.25, 0.3) is 11.0 Å². The fourth-order valence-corrected chi connectivity index (χ4v) is 3.88. The van der Waals surface area contributed by atoms with Crippen molar-refractivity contribution >= 4 is 11.0 Å². The van der Waals surface area contributed by atoms with E-state index in [2.05, 4.69) is 10.3 Å². The maximum absolute atomic E-state index is 12.1. The third-order valence-corrected chi connectivity index (χ3v) is 5.20. The standard InChI is InChI=1S/C21H17N3O2/c1-20(24-18-13-7-6-12-17(18)22-23-24)21(25,15-9-3-2-4-10-15)16-11-5-8-14-19(16)26-20/h2-14,25H,1H3. The fourth-order valence-electron chi connectivity index (χ4n) is 3.88. The van der Waals surface area contributed by atoms with Crippen LogP contribution in [0.15, 0.2) is 78.9 Å². The molecule has 0 aliphatic carbocycles. The van der Waals surface area contributed by atoms with Gasteiger partial charge in [-0.15, -0.1) is 5.10 Å². The molecule has 0 fully saturated rings. The van der Waals surface area contributed by atoms with E-state index in [0.29, 0.717) is 11.3 Å². The van der Waals surface area contributed by atoms with E-state index in [1.54, 1.807) is 4.68 Å². The summed E-state index contributed by atoms with van der Waals surface area (Å²) in [4.78, 5) is 0. The third kappa shape index (κ3) is 1.78. The number of hydrogen-bond acceptors (Lipinski definition) is 4. The molecule has 5 nitrogen and oxygen atoms in total. The first kappa shape index (κ1) is 15.1. The summed E-state index contributed by atoms with van der Waals surface area (Å²) in [5.41, 5.74) is 0.413. The molecule has 2 heterocycles. The van der Waals surface area contributed by atoms with Crippen molar-refractivity contribution in [2.24, 2.45) is 0 Å². The van der Waals surface area contributed by atoms with Crippen molar-refractivity contribution in [1.29, 1.82) is 0 Å². The number of aliphatic hydroxyl groups is 1. The molecule has 0 amide bonds. The second-order valence-corrected chi connectivity index (χ2v) is 6.65. The van der Waals surface area contributed by atoms with Crippen LogP contribution in [-0.4, -0.2) is 20.1 Å². The van der Waals surface area contributed by atoms with E-state index in [1.165, 1.54) is 0 Å². The van der Waals surface area contributed by atoms with Gasteiger partial charge in [0.1, 0.15) is 11.3 Å². The first-order chi connectivity index (χ1) is 12.6. The van der Waals surface area contributed by atoms with Crippen molar-refractivity contribution in [3.05, 3.63) is 90.0 Å². The van der Waals surface area contributed by atoms with Crippen molar-refractivity contribution in [1.82, 2.24) is 15.0 Å². The summed E-state index contributed by atoms with van der Waals surface area (Å²) in [6.45, 7) is 1.85. The largest absolute Gasteiger partial charge is 0.462 e. The number of para-hydroxylation sites is 2. The van der Waals surface area contributed by atoms with Crippen molar-refractivity contribution in [3.63, 3.8) is 0 Å². The lowest BCUT2D eigenvalue weighted by Gasteiger charge is -2.38. The maximum atomic E-state index is 12.1. The van der Waals surface area contributed by atoms with E-state index >= 15 is 0 Å². The summed E-state index contributed by atoms with van der Waals surface area (Å²) in [7, 11) is 0. The van der Waals surface area contributed by atoms with Crippen LogP contribution >= 0.6 is 0 Å². The molecule has 0 bridgehead atoms. The highest BCUT2D eigenvalue weighted by atomic mass is 16.5. The number of rotatable bonds is 2. The van der Waals surface area contributed by atoms with Crippen LogP contribution in [0.2, 0.25) is 0 Å². The monoisotopic (exact) mass is 343 g/mol. The van der Waals surface area contributed by atoms with Crippen molar-refractivity contribution < 1.29 is 9.84 Å². The number of hydrogen-bond donors (Lipinski definition) is 1. The van der Waals surface area contributed by atoms with Gasteiger partial charge in [-0.3, -0.25) is 0 Å². The summed E-state index contributed by atoms with van der Waals surface area (Å²) in [6.07, 6.45) is 0. The van der Waals surface area contributed by atoms with E-state index in [0.717, 1.165) is 16.6 Å². The van der Waals surface area contributed by atoms with Gasteiger partial charge in [0.15, 0.2) is 5.60 Å². The molecule has 128 valence electrons. The Balaban J connectivity index is 1.83. The number of benzene rings is 3. The minimum atomic E-state index is -1.42. The Morgan fingerprint density at radius 3 is 2.42 bits per heavy atom. The highest BCUT2D eigenvalue weighted by molar-refractivity contribution is 5.74. The smallest absolute Gasteiger partial charge is 0.238 e. The zero-order chi connectivity index (χ0) is 17.8. The van der Waals surface area contributed by atoms with E-state index in [9.17, 15) is 5.11 Å². The molecule has 1 N–H and O–H groups in total. The SMILES string of the molecule is CC1(n2nnc3ccccc32)Oc2ccccc2C1(O)c1ccccc1. The molecule has 2 unspecified atom stereocenters. The summed E-state index contributed by atoms with van der Waals surface area (Å²) < 4.78 is 8.00. The average Bonchev–Trinajstić information content (AvgIpc) is 3.22. The predicted octanol–water partition coefficient (Wildman–Crippen LogP) is 3.43. The number of nitrogens with zero attached hydrogens (tertiary/aromatic N) is 3. The molecule has 5 rings (SSSR count). The minimum Gasteiger partial charge on any atom is -0.462 e. The maximum Gasteiger partial charge on any atom is 0.238 e. The van der Waals surface area contributed by atoms with Gasteiger partial charge in [0.25, 0.3) is 0 Å². The van der Waals surface area contributed by atoms with Crippen LogP contribution in [-0.2, 0) is 11.3 Å². The Morgan fingerprint density at radius 2 is 1.58 bits per heavy atom. The molecule has 1 aliphatic heterocycles. The van der Waals surface area contributed by atoms with Crippen LogP contribution in [0.4, 0.5) is 0 Å². The van der Waals surface area contributed by atoms with Crippen LogP contribution in [0.5, 0.6) is 5.75 Å².